The Hall–Kier alpha value is -2.22. The molecule has 0 aliphatic carbocycles. The summed E-state index contributed by atoms with van der Waals surface area (Å²) in [5, 5.41) is 5.35. The zero-order valence-corrected chi connectivity index (χ0v) is 11.7. The van der Waals surface area contributed by atoms with Crippen LogP contribution in [-0.4, -0.2) is 28.2 Å². The number of anilines is 1. The van der Waals surface area contributed by atoms with Gasteiger partial charge < -0.3 is 21.1 Å². The zero-order valence-electron chi connectivity index (χ0n) is 10.9. The summed E-state index contributed by atoms with van der Waals surface area (Å²) in [6, 6.07) is 1.84. The lowest BCUT2D eigenvalue weighted by atomic mass is 10.3. The molecule has 0 radical (unpaired) electrons. The van der Waals surface area contributed by atoms with E-state index in [9.17, 15) is 4.79 Å². The Labute approximate surface area is 116 Å². The zero-order chi connectivity index (χ0) is 14.4. The molecule has 1 heterocycles. The third-order valence-electron chi connectivity index (χ3n) is 2.02. The van der Waals surface area contributed by atoms with Gasteiger partial charge >= 0.3 is 0 Å². The van der Waals surface area contributed by atoms with Crippen molar-refractivity contribution < 1.29 is 9.53 Å². The predicted molar refractivity (Wildman–Crippen MR) is 75.1 cm³/mol. The lowest BCUT2D eigenvalue weighted by Gasteiger charge is -2.08. The Morgan fingerprint density at radius 3 is 2.47 bits per heavy atom. The molecule has 1 amide bonds. The molecule has 19 heavy (non-hydrogen) atoms. The van der Waals surface area contributed by atoms with Crippen molar-refractivity contribution in [3.8, 4) is 0 Å². The molecule has 0 bridgehead atoms. The second-order valence-corrected chi connectivity index (χ2v) is 4.03. The largest absolute Gasteiger partial charge is 0.474 e. The molecule has 0 saturated carbocycles. The second kappa shape index (κ2) is 6.64. The van der Waals surface area contributed by atoms with Gasteiger partial charge in [0.15, 0.2) is 0 Å². The number of carbonyl (C=O) groups excluding carboxylic acids is 1. The summed E-state index contributed by atoms with van der Waals surface area (Å²) in [6.45, 7) is 3.69. The molecule has 1 rings (SSSR count). The normalized spacial score (nSPS) is 10.8. The van der Waals surface area contributed by atoms with Gasteiger partial charge in [-0.1, -0.05) is 0 Å². The Balaban J connectivity index is 2.85. The number of primary amides is 1. The molecule has 0 aliphatic rings. The van der Waals surface area contributed by atoms with E-state index >= 15 is 0 Å². The summed E-state index contributed by atoms with van der Waals surface area (Å²) in [4.78, 5) is 19.5. The molecular weight excluding hydrogens is 266 g/mol. The average molecular weight is 281 g/mol. The highest BCUT2D eigenvalue weighted by Gasteiger charge is 2.07. The number of amides is 1. The number of ether oxygens (including phenoxy) is 1. The van der Waals surface area contributed by atoms with Crippen molar-refractivity contribution >= 4 is 29.2 Å². The minimum atomic E-state index is -0.684. The molecular formula is C11H15N5O2S. The summed E-state index contributed by atoms with van der Waals surface area (Å²) in [6.07, 6.45) is 1.34. The smallest absolute Gasteiger partial charge is 0.266 e. The monoisotopic (exact) mass is 281 g/mol. The van der Waals surface area contributed by atoms with Crippen molar-refractivity contribution in [2.45, 2.75) is 13.8 Å². The predicted octanol–water partition coefficient (Wildman–Crippen LogP) is 0.353. The van der Waals surface area contributed by atoms with E-state index in [1.54, 1.807) is 0 Å². The fourth-order valence-corrected chi connectivity index (χ4v) is 1.37. The minimum absolute atomic E-state index is 0.0354. The Bertz CT molecular complexity index is 510. The molecule has 0 saturated heterocycles. The van der Waals surface area contributed by atoms with E-state index in [-0.39, 0.29) is 10.9 Å². The van der Waals surface area contributed by atoms with Gasteiger partial charge in [0.2, 0.25) is 5.95 Å². The first kappa shape index (κ1) is 14.8. The summed E-state index contributed by atoms with van der Waals surface area (Å²) < 4.78 is 4.73. The standard InChI is InChI=1S/C11H15N5O2S/c1-6-4-7(2)15-10(14-6)13-5-8(9(12)17)16-11(19)18-3/h4-5H,1-3H3,(H2,12,17)(H,16,19)(H,13,14,15)/b8-5+. The maximum Gasteiger partial charge on any atom is 0.266 e. The SMILES string of the molecule is COC(=S)N/C(=C/Nc1nc(C)cc(C)n1)C(N)=O. The van der Waals surface area contributed by atoms with Gasteiger partial charge in [-0.05, 0) is 32.1 Å². The van der Waals surface area contributed by atoms with E-state index in [1.807, 2.05) is 19.9 Å². The molecule has 102 valence electrons. The number of hydrogen-bond donors (Lipinski definition) is 3. The van der Waals surface area contributed by atoms with Crippen LogP contribution in [0.4, 0.5) is 5.95 Å². The molecule has 0 aliphatic heterocycles. The van der Waals surface area contributed by atoms with Crippen LogP contribution < -0.4 is 16.4 Å². The third-order valence-corrected chi connectivity index (χ3v) is 2.28. The average Bonchev–Trinajstić information content (AvgIpc) is 2.32. The molecule has 1 aromatic heterocycles. The molecule has 0 aromatic carbocycles. The van der Waals surface area contributed by atoms with Crippen LogP contribution in [-0.2, 0) is 9.53 Å². The van der Waals surface area contributed by atoms with Crippen LogP contribution in [0.15, 0.2) is 18.0 Å². The molecule has 4 N–H and O–H groups in total. The van der Waals surface area contributed by atoms with Gasteiger partial charge in [-0.15, -0.1) is 0 Å². The van der Waals surface area contributed by atoms with Crippen molar-refractivity contribution in [3.63, 3.8) is 0 Å². The van der Waals surface area contributed by atoms with E-state index in [4.69, 9.17) is 22.7 Å². The van der Waals surface area contributed by atoms with E-state index in [1.165, 1.54) is 13.3 Å². The van der Waals surface area contributed by atoms with Gasteiger partial charge in [0.1, 0.15) is 5.70 Å². The fourth-order valence-electron chi connectivity index (χ4n) is 1.26. The van der Waals surface area contributed by atoms with Crippen LogP contribution in [0.1, 0.15) is 11.4 Å². The van der Waals surface area contributed by atoms with Crippen LogP contribution >= 0.6 is 12.2 Å². The lowest BCUT2D eigenvalue weighted by Crippen LogP contribution is -2.31. The number of thiocarbonyl (C=S) groups is 1. The molecule has 0 unspecified atom stereocenters. The number of aromatic nitrogens is 2. The van der Waals surface area contributed by atoms with E-state index in [2.05, 4.69) is 20.6 Å². The molecule has 1 aromatic rings. The number of nitrogens with two attached hydrogens (primary N) is 1. The number of nitrogens with one attached hydrogen (secondary N) is 2. The van der Waals surface area contributed by atoms with Crippen molar-refractivity contribution in [3.05, 3.63) is 29.4 Å². The van der Waals surface area contributed by atoms with Crippen molar-refractivity contribution in [1.82, 2.24) is 15.3 Å². The second-order valence-electron chi connectivity index (χ2n) is 3.66. The van der Waals surface area contributed by atoms with Gasteiger partial charge in [0.05, 0.1) is 7.11 Å². The summed E-state index contributed by atoms with van der Waals surface area (Å²) >= 11 is 4.78. The molecule has 7 nitrogen and oxygen atoms in total. The van der Waals surface area contributed by atoms with Gasteiger partial charge in [0, 0.05) is 17.6 Å². The van der Waals surface area contributed by atoms with Gasteiger partial charge in [-0.3, -0.25) is 4.79 Å². The molecule has 0 spiro atoms. The quantitative estimate of drug-likeness (QED) is 0.540. The summed E-state index contributed by atoms with van der Waals surface area (Å²) in [5.74, 6) is -0.322. The van der Waals surface area contributed by atoms with Crippen molar-refractivity contribution in [2.75, 3.05) is 12.4 Å². The Kier molecular flexibility index (Phi) is 5.19. The third kappa shape index (κ3) is 4.88. The highest BCUT2D eigenvalue weighted by Crippen LogP contribution is 2.04. The van der Waals surface area contributed by atoms with Crippen molar-refractivity contribution in [1.29, 1.82) is 0 Å². The number of carbonyl (C=O) groups is 1. The topological polar surface area (TPSA) is 102 Å². The Morgan fingerprint density at radius 1 is 1.42 bits per heavy atom. The Morgan fingerprint density at radius 2 is 2.00 bits per heavy atom. The maximum absolute atomic E-state index is 11.2. The summed E-state index contributed by atoms with van der Waals surface area (Å²) in [7, 11) is 1.38. The van der Waals surface area contributed by atoms with Crippen LogP contribution in [0, 0.1) is 13.8 Å². The maximum atomic E-state index is 11.2. The number of rotatable bonds is 4. The number of hydrogen-bond acceptors (Lipinski definition) is 6. The molecule has 0 atom stereocenters. The molecule has 0 fully saturated rings. The first-order chi connectivity index (χ1) is 8.92. The van der Waals surface area contributed by atoms with Crippen LogP contribution in [0.2, 0.25) is 0 Å². The number of nitrogens with zero attached hydrogens (tertiary/aromatic N) is 2. The fraction of sp³-hybridized carbons (Fsp3) is 0.273. The van der Waals surface area contributed by atoms with Crippen LogP contribution in [0.25, 0.3) is 0 Å². The van der Waals surface area contributed by atoms with Gasteiger partial charge in [-0.2, -0.15) is 0 Å². The highest BCUT2D eigenvalue weighted by molar-refractivity contribution is 7.80. The first-order valence-corrected chi connectivity index (χ1v) is 5.77. The highest BCUT2D eigenvalue weighted by atomic mass is 32.1. The van der Waals surface area contributed by atoms with Crippen molar-refractivity contribution in [2.24, 2.45) is 5.73 Å². The lowest BCUT2D eigenvalue weighted by molar-refractivity contribution is -0.114. The molecule has 8 heteroatoms. The van der Waals surface area contributed by atoms with E-state index in [0.717, 1.165) is 11.4 Å². The van der Waals surface area contributed by atoms with Crippen LogP contribution in [0.3, 0.4) is 0 Å². The van der Waals surface area contributed by atoms with Crippen LogP contribution in [0.5, 0.6) is 0 Å². The van der Waals surface area contributed by atoms with E-state index in [0.29, 0.717) is 5.95 Å². The van der Waals surface area contributed by atoms with E-state index < -0.39 is 5.91 Å². The van der Waals surface area contributed by atoms with Gasteiger partial charge in [-0.25, -0.2) is 9.97 Å². The first-order valence-electron chi connectivity index (χ1n) is 5.36. The minimum Gasteiger partial charge on any atom is -0.474 e. The number of aryl methyl sites for hydroxylation is 2. The number of methoxy groups -OCH3 is 1. The summed E-state index contributed by atoms with van der Waals surface area (Å²) in [5.41, 5.74) is 6.87. The van der Waals surface area contributed by atoms with Gasteiger partial charge in [0.25, 0.3) is 11.1 Å².